The summed E-state index contributed by atoms with van der Waals surface area (Å²) in [5, 5.41) is 3.95. The second-order valence-electron chi connectivity index (χ2n) is 4.63. The van der Waals surface area contributed by atoms with Crippen molar-refractivity contribution in [2.75, 3.05) is 5.32 Å². The van der Waals surface area contributed by atoms with E-state index in [4.69, 9.17) is 12.2 Å². The second-order valence-corrected chi connectivity index (χ2v) is 4.63. The standard InChI is InChI=1S/C17H12N4O/c1-2-11-6-5-7-12(10-11)19-16-13-8-3-4-9-14(13)20-17(21-16)15(18)22/h1,3-10H,(H2,18,22)(H,19,20,21). The molecule has 3 aromatic rings. The lowest BCUT2D eigenvalue weighted by molar-refractivity contribution is 0.0991. The predicted octanol–water partition coefficient (Wildman–Crippen LogP) is 2.45. The Morgan fingerprint density at radius 3 is 2.73 bits per heavy atom. The van der Waals surface area contributed by atoms with Gasteiger partial charge >= 0.3 is 0 Å². The molecular formula is C17H12N4O. The first-order valence-corrected chi connectivity index (χ1v) is 6.57. The minimum atomic E-state index is -0.675. The van der Waals surface area contributed by atoms with Gasteiger partial charge in [0, 0.05) is 16.6 Å². The molecule has 0 aliphatic heterocycles. The van der Waals surface area contributed by atoms with E-state index in [-0.39, 0.29) is 5.82 Å². The number of rotatable bonds is 3. The molecule has 3 rings (SSSR count). The van der Waals surface area contributed by atoms with Gasteiger partial charge in [0.1, 0.15) is 5.82 Å². The lowest BCUT2D eigenvalue weighted by atomic mass is 10.2. The van der Waals surface area contributed by atoms with E-state index in [0.29, 0.717) is 11.3 Å². The van der Waals surface area contributed by atoms with Gasteiger partial charge in [0.15, 0.2) is 0 Å². The van der Waals surface area contributed by atoms with Gasteiger partial charge in [-0.3, -0.25) is 4.79 Å². The Hall–Kier alpha value is -3.39. The van der Waals surface area contributed by atoms with E-state index in [0.717, 1.165) is 16.6 Å². The van der Waals surface area contributed by atoms with Crippen LogP contribution in [-0.2, 0) is 0 Å². The van der Waals surface area contributed by atoms with Crippen LogP contribution in [-0.4, -0.2) is 15.9 Å². The van der Waals surface area contributed by atoms with E-state index >= 15 is 0 Å². The molecular weight excluding hydrogens is 276 g/mol. The molecule has 2 aromatic carbocycles. The largest absolute Gasteiger partial charge is 0.363 e. The van der Waals surface area contributed by atoms with Crippen LogP contribution in [0.25, 0.3) is 10.9 Å². The molecule has 3 N–H and O–H groups in total. The molecule has 0 bridgehead atoms. The van der Waals surface area contributed by atoms with Crippen LogP contribution in [0.4, 0.5) is 11.5 Å². The zero-order valence-corrected chi connectivity index (χ0v) is 11.6. The van der Waals surface area contributed by atoms with Crippen molar-refractivity contribution in [2.24, 2.45) is 5.73 Å². The number of amides is 1. The number of benzene rings is 2. The smallest absolute Gasteiger partial charge is 0.286 e. The van der Waals surface area contributed by atoms with E-state index in [9.17, 15) is 4.79 Å². The van der Waals surface area contributed by atoms with Crippen molar-refractivity contribution in [3.63, 3.8) is 0 Å². The van der Waals surface area contributed by atoms with Crippen LogP contribution in [0.2, 0.25) is 0 Å². The molecule has 0 aliphatic carbocycles. The third kappa shape index (κ3) is 2.58. The van der Waals surface area contributed by atoms with Crippen molar-refractivity contribution in [1.29, 1.82) is 0 Å². The molecule has 0 radical (unpaired) electrons. The number of hydrogen-bond acceptors (Lipinski definition) is 4. The SMILES string of the molecule is C#Cc1cccc(Nc2nc(C(N)=O)nc3ccccc23)c1. The number of primary amides is 1. The van der Waals surface area contributed by atoms with Crippen LogP contribution < -0.4 is 11.1 Å². The summed E-state index contributed by atoms with van der Waals surface area (Å²) in [4.78, 5) is 19.7. The summed E-state index contributed by atoms with van der Waals surface area (Å²) in [7, 11) is 0. The number of terminal acetylenes is 1. The summed E-state index contributed by atoms with van der Waals surface area (Å²) in [6.45, 7) is 0. The fourth-order valence-corrected chi connectivity index (χ4v) is 2.11. The molecule has 1 heterocycles. The van der Waals surface area contributed by atoms with E-state index < -0.39 is 5.91 Å². The molecule has 5 nitrogen and oxygen atoms in total. The molecule has 1 aromatic heterocycles. The molecule has 106 valence electrons. The molecule has 0 fully saturated rings. The van der Waals surface area contributed by atoms with E-state index in [1.807, 2.05) is 42.5 Å². The molecule has 0 saturated heterocycles. The maximum atomic E-state index is 11.4. The number of carbonyl (C=O) groups is 1. The number of anilines is 2. The van der Waals surface area contributed by atoms with Crippen LogP contribution >= 0.6 is 0 Å². The number of aromatic nitrogens is 2. The summed E-state index contributed by atoms with van der Waals surface area (Å²) >= 11 is 0. The Morgan fingerprint density at radius 2 is 1.95 bits per heavy atom. The average molecular weight is 288 g/mol. The minimum absolute atomic E-state index is 0.0331. The van der Waals surface area contributed by atoms with Crippen LogP contribution in [0, 0.1) is 12.3 Å². The molecule has 0 atom stereocenters. The van der Waals surface area contributed by atoms with Gasteiger partial charge in [0.2, 0.25) is 5.82 Å². The summed E-state index contributed by atoms with van der Waals surface area (Å²) < 4.78 is 0. The number of carbonyl (C=O) groups excluding carboxylic acids is 1. The van der Waals surface area contributed by atoms with Gasteiger partial charge in [0.05, 0.1) is 5.52 Å². The molecule has 0 spiro atoms. The van der Waals surface area contributed by atoms with Crippen LogP contribution in [0.1, 0.15) is 16.2 Å². The second kappa shape index (κ2) is 5.54. The monoisotopic (exact) mass is 288 g/mol. The highest BCUT2D eigenvalue weighted by atomic mass is 16.1. The molecule has 0 aliphatic rings. The van der Waals surface area contributed by atoms with Crippen LogP contribution in [0.5, 0.6) is 0 Å². The summed E-state index contributed by atoms with van der Waals surface area (Å²) in [5.41, 5.74) is 7.46. The molecule has 0 saturated carbocycles. The topological polar surface area (TPSA) is 80.9 Å². The highest BCUT2D eigenvalue weighted by molar-refractivity contribution is 5.96. The number of nitrogens with one attached hydrogen (secondary N) is 1. The number of nitrogens with two attached hydrogens (primary N) is 1. The number of para-hydroxylation sites is 1. The van der Waals surface area contributed by atoms with Crippen molar-refractivity contribution in [3.05, 3.63) is 59.9 Å². The Morgan fingerprint density at radius 1 is 1.14 bits per heavy atom. The van der Waals surface area contributed by atoms with E-state index in [1.54, 1.807) is 6.07 Å². The van der Waals surface area contributed by atoms with Crippen molar-refractivity contribution in [1.82, 2.24) is 9.97 Å². The van der Waals surface area contributed by atoms with E-state index in [2.05, 4.69) is 21.2 Å². The third-order valence-electron chi connectivity index (χ3n) is 3.12. The molecule has 22 heavy (non-hydrogen) atoms. The quantitative estimate of drug-likeness (QED) is 0.725. The van der Waals surface area contributed by atoms with Crippen molar-refractivity contribution >= 4 is 28.3 Å². The highest BCUT2D eigenvalue weighted by Crippen LogP contribution is 2.24. The maximum Gasteiger partial charge on any atom is 0.286 e. The Kier molecular flexibility index (Phi) is 3.42. The maximum absolute atomic E-state index is 11.4. The summed E-state index contributed by atoms with van der Waals surface area (Å²) in [6.07, 6.45) is 5.40. The normalized spacial score (nSPS) is 10.1. The number of nitrogens with zero attached hydrogens (tertiary/aromatic N) is 2. The zero-order chi connectivity index (χ0) is 15.5. The number of fused-ring (bicyclic) bond motifs is 1. The minimum Gasteiger partial charge on any atom is -0.363 e. The first-order chi connectivity index (χ1) is 10.7. The van der Waals surface area contributed by atoms with Crippen LogP contribution in [0.3, 0.4) is 0 Å². The summed E-state index contributed by atoms with van der Waals surface area (Å²) in [5.74, 6) is 2.37. The highest BCUT2D eigenvalue weighted by Gasteiger charge is 2.11. The van der Waals surface area contributed by atoms with Crippen molar-refractivity contribution in [3.8, 4) is 12.3 Å². The van der Waals surface area contributed by atoms with Gasteiger partial charge in [-0.1, -0.05) is 24.1 Å². The van der Waals surface area contributed by atoms with Gasteiger partial charge in [-0.25, -0.2) is 9.97 Å². The van der Waals surface area contributed by atoms with Gasteiger partial charge < -0.3 is 11.1 Å². The fraction of sp³-hybridized carbons (Fsp3) is 0. The zero-order valence-electron chi connectivity index (χ0n) is 11.6. The molecule has 5 heteroatoms. The average Bonchev–Trinajstić information content (AvgIpc) is 2.55. The lowest BCUT2D eigenvalue weighted by Gasteiger charge is -2.10. The predicted molar refractivity (Wildman–Crippen MR) is 85.7 cm³/mol. The van der Waals surface area contributed by atoms with Crippen molar-refractivity contribution in [2.45, 2.75) is 0 Å². The Balaban J connectivity index is 2.12. The molecule has 0 unspecified atom stereocenters. The van der Waals surface area contributed by atoms with Gasteiger partial charge in [-0.05, 0) is 30.3 Å². The third-order valence-corrected chi connectivity index (χ3v) is 3.12. The van der Waals surface area contributed by atoms with E-state index in [1.165, 1.54) is 0 Å². The Bertz CT molecular complexity index is 912. The van der Waals surface area contributed by atoms with Gasteiger partial charge in [-0.15, -0.1) is 6.42 Å². The van der Waals surface area contributed by atoms with Gasteiger partial charge in [-0.2, -0.15) is 0 Å². The van der Waals surface area contributed by atoms with Crippen molar-refractivity contribution < 1.29 is 4.79 Å². The van der Waals surface area contributed by atoms with Crippen LogP contribution in [0.15, 0.2) is 48.5 Å². The van der Waals surface area contributed by atoms with Gasteiger partial charge in [0.25, 0.3) is 5.91 Å². The first-order valence-electron chi connectivity index (χ1n) is 6.57. The number of hydrogen-bond donors (Lipinski definition) is 2. The first kappa shape index (κ1) is 13.6. The summed E-state index contributed by atoms with van der Waals surface area (Å²) in [6, 6.07) is 14.7. The molecule has 1 amide bonds. The lowest BCUT2D eigenvalue weighted by Crippen LogP contribution is -2.16. The Labute approximate surface area is 127 Å². The fourth-order valence-electron chi connectivity index (χ4n) is 2.11.